The van der Waals surface area contributed by atoms with E-state index in [-0.39, 0.29) is 6.10 Å². The monoisotopic (exact) mass is 440 g/mol. The van der Waals surface area contributed by atoms with Crippen molar-refractivity contribution in [3.8, 4) is 17.3 Å². The summed E-state index contributed by atoms with van der Waals surface area (Å²) in [5.74, 6) is -0.277. The number of ether oxygens (including phenoxy) is 2. The lowest BCUT2D eigenvalue weighted by atomic mass is 9.84. The minimum atomic E-state index is -0.812. The first kappa shape index (κ1) is 22.0. The summed E-state index contributed by atoms with van der Waals surface area (Å²) in [5, 5.41) is 22.8. The van der Waals surface area contributed by atoms with Gasteiger partial charge in [0.2, 0.25) is 0 Å². The van der Waals surface area contributed by atoms with Crippen LogP contribution in [0.25, 0.3) is 22.2 Å². The van der Waals surface area contributed by atoms with Crippen LogP contribution in [0.2, 0.25) is 0 Å². The normalized spacial score (nSPS) is 15.9. The fraction of sp³-hybridized carbons (Fsp3) is 0.231. The van der Waals surface area contributed by atoms with Crippen molar-refractivity contribution in [2.75, 3.05) is 0 Å². The van der Waals surface area contributed by atoms with Crippen LogP contribution in [-0.2, 0) is 9.47 Å². The zero-order valence-electron chi connectivity index (χ0n) is 18.9. The van der Waals surface area contributed by atoms with Gasteiger partial charge in [0, 0.05) is 16.6 Å². The molecule has 0 saturated heterocycles. The number of carbonyl (C=O) groups excluding carboxylic acids is 1. The highest BCUT2D eigenvalue weighted by molar-refractivity contribution is 5.87. The Morgan fingerprint density at radius 3 is 2.52 bits per heavy atom. The number of aromatic nitrogens is 2. The van der Waals surface area contributed by atoms with Gasteiger partial charge < -0.3 is 14.8 Å². The topological polar surface area (TPSA) is 97.1 Å². The number of nitriles is 1. The van der Waals surface area contributed by atoms with E-state index < -0.39 is 12.1 Å². The van der Waals surface area contributed by atoms with E-state index in [4.69, 9.17) is 9.47 Å². The first-order valence-corrected chi connectivity index (χ1v) is 10.7. The summed E-state index contributed by atoms with van der Waals surface area (Å²) in [6.07, 6.45) is -1.14. The maximum Gasteiger partial charge on any atom is 0.513 e. The van der Waals surface area contributed by atoms with Crippen LogP contribution >= 0.6 is 0 Å². The molecule has 0 saturated carbocycles. The first-order valence-electron chi connectivity index (χ1n) is 10.7. The predicted octanol–water partition coefficient (Wildman–Crippen LogP) is 5.57. The summed E-state index contributed by atoms with van der Waals surface area (Å²) in [4.78, 5) is 12.4. The third-order valence-corrected chi connectivity index (χ3v) is 5.39. The van der Waals surface area contributed by atoms with Crippen LogP contribution in [0.4, 0.5) is 4.79 Å². The molecule has 1 aromatic heterocycles. The second-order valence-electron chi connectivity index (χ2n) is 8.09. The van der Waals surface area contributed by atoms with Crippen LogP contribution in [0, 0.1) is 11.3 Å². The minimum absolute atomic E-state index is 0.327. The molecule has 1 aliphatic heterocycles. The quantitative estimate of drug-likeness (QED) is 0.529. The van der Waals surface area contributed by atoms with Gasteiger partial charge in [-0.1, -0.05) is 42.5 Å². The zero-order chi connectivity index (χ0) is 23.5. The van der Waals surface area contributed by atoms with Gasteiger partial charge in [-0.05, 0) is 45.4 Å². The molecule has 2 aromatic carbocycles. The molecule has 4 rings (SSSR count). The molecule has 0 fully saturated rings. The van der Waals surface area contributed by atoms with E-state index in [1.54, 1.807) is 13.8 Å². The van der Waals surface area contributed by atoms with Crippen LogP contribution in [0.3, 0.4) is 0 Å². The largest absolute Gasteiger partial charge is 0.513 e. The Labute approximate surface area is 192 Å². The van der Waals surface area contributed by atoms with Crippen LogP contribution in [0.15, 0.2) is 77.3 Å². The van der Waals surface area contributed by atoms with Gasteiger partial charge in [0.15, 0.2) is 0 Å². The lowest BCUT2D eigenvalue weighted by molar-refractivity contribution is 0.0500. The molecule has 1 atom stereocenters. The lowest BCUT2D eigenvalue weighted by Gasteiger charge is -2.29. The van der Waals surface area contributed by atoms with Gasteiger partial charge in [-0.3, -0.25) is 0 Å². The van der Waals surface area contributed by atoms with Gasteiger partial charge in [0.1, 0.15) is 5.76 Å². The van der Waals surface area contributed by atoms with Crippen molar-refractivity contribution in [3.63, 3.8) is 0 Å². The number of hydrogen-bond acceptors (Lipinski definition) is 7. The van der Waals surface area contributed by atoms with Gasteiger partial charge >= 0.3 is 6.16 Å². The maximum absolute atomic E-state index is 12.4. The van der Waals surface area contributed by atoms with Crippen LogP contribution in [0.1, 0.15) is 39.2 Å². The molecule has 1 N–H and O–H groups in total. The van der Waals surface area contributed by atoms with Crippen LogP contribution in [-0.4, -0.2) is 22.5 Å². The number of benzene rings is 2. The number of carbonyl (C=O) groups is 1. The van der Waals surface area contributed by atoms with Gasteiger partial charge in [0.05, 0.1) is 40.6 Å². The third-order valence-electron chi connectivity index (χ3n) is 5.39. The van der Waals surface area contributed by atoms with Crippen molar-refractivity contribution >= 4 is 17.1 Å². The standard InChI is InChI=1S/C26H24N4O3/c1-15(2)32-26(31)33-25-17(4)28-16(3)21(14-27)24(25)19-11-8-12-22-20(19)13-23(30-29-22)18-9-6-5-7-10-18/h5-13,15,24,28H,1-4H3. The van der Waals surface area contributed by atoms with Crippen molar-refractivity contribution in [2.45, 2.75) is 39.7 Å². The van der Waals surface area contributed by atoms with E-state index in [9.17, 15) is 10.1 Å². The molecule has 7 heteroatoms. The van der Waals surface area contributed by atoms with E-state index in [1.165, 1.54) is 0 Å². The first-order chi connectivity index (χ1) is 15.9. The van der Waals surface area contributed by atoms with Crippen molar-refractivity contribution in [1.82, 2.24) is 15.5 Å². The third kappa shape index (κ3) is 4.41. The van der Waals surface area contributed by atoms with E-state index in [0.29, 0.717) is 33.9 Å². The Balaban J connectivity index is 1.89. The van der Waals surface area contributed by atoms with Gasteiger partial charge in [-0.25, -0.2) is 4.79 Å². The number of rotatable bonds is 4. The summed E-state index contributed by atoms with van der Waals surface area (Å²) >= 11 is 0. The molecule has 0 aliphatic carbocycles. The molecule has 0 radical (unpaired) electrons. The number of nitrogens with one attached hydrogen (secondary N) is 1. The SMILES string of the molecule is CC1=C(C#N)C(c2cccc3nnc(-c4ccccc4)cc23)C(OC(=O)OC(C)C)=C(C)N1. The molecule has 0 spiro atoms. The molecule has 0 amide bonds. The summed E-state index contributed by atoms with van der Waals surface area (Å²) in [7, 11) is 0. The van der Waals surface area contributed by atoms with Crippen molar-refractivity contribution < 1.29 is 14.3 Å². The summed E-state index contributed by atoms with van der Waals surface area (Å²) < 4.78 is 10.9. The highest BCUT2D eigenvalue weighted by Gasteiger charge is 2.34. The van der Waals surface area contributed by atoms with E-state index in [1.807, 2.05) is 68.4 Å². The molecule has 0 bridgehead atoms. The Hall–Kier alpha value is -4.18. The predicted molar refractivity (Wildman–Crippen MR) is 125 cm³/mol. The molecule has 166 valence electrons. The van der Waals surface area contributed by atoms with E-state index in [2.05, 4.69) is 21.6 Å². The molecule has 33 heavy (non-hydrogen) atoms. The molecule has 1 aliphatic rings. The van der Waals surface area contributed by atoms with Crippen LogP contribution < -0.4 is 5.32 Å². The lowest BCUT2D eigenvalue weighted by Crippen LogP contribution is -2.27. The summed E-state index contributed by atoms with van der Waals surface area (Å²) in [6, 6.07) is 19.7. The highest BCUT2D eigenvalue weighted by atomic mass is 16.7. The Bertz CT molecular complexity index is 1320. The number of hydrogen-bond donors (Lipinski definition) is 1. The van der Waals surface area contributed by atoms with E-state index in [0.717, 1.165) is 16.5 Å². The molecular formula is C26H24N4O3. The molecule has 1 unspecified atom stereocenters. The maximum atomic E-state index is 12.4. The van der Waals surface area contributed by atoms with Crippen LogP contribution in [0.5, 0.6) is 0 Å². The van der Waals surface area contributed by atoms with Crippen molar-refractivity contribution in [1.29, 1.82) is 5.26 Å². The molecule has 3 aromatic rings. The number of allylic oxidation sites excluding steroid dienone is 3. The average Bonchev–Trinajstić information content (AvgIpc) is 2.80. The Kier molecular flexibility index (Phi) is 6.09. The minimum Gasteiger partial charge on any atom is -0.431 e. The Morgan fingerprint density at radius 2 is 1.82 bits per heavy atom. The molecule has 7 nitrogen and oxygen atoms in total. The highest BCUT2D eigenvalue weighted by Crippen LogP contribution is 2.41. The fourth-order valence-corrected chi connectivity index (χ4v) is 3.95. The van der Waals surface area contributed by atoms with Gasteiger partial charge in [-0.2, -0.15) is 5.26 Å². The molecule has 2 heterocycles. The number of nitrogens with zero attached hydrogens (tertiary/aromatic N) is 3. The van der Waals surface area contributed by atoms with E-state index >= 15 is 0 Å². The second kappa shape index (κ2) is 9.13. The number of dihydropyridines is 1. The summed E-state index contributed by atoms with van der Waals surface area (Å²) in [5.41, 5.74) is 4.92. The smallest absolute Gasteiger partial charge is 0.431 e. The number of fused-ring (bicyclic) bond motifs is 1. The summed E-state index contributed by atoms with van der Waals surface area (Å²) in [6.45, 7) is 7.14. The van der Waals surface area contributed by atoms with Gasteiger partial charge in [-0.15, -0.1) is 10.2 Å². The average molecular weight is 441 g/mol. The van der Waals surface area contributed by atoms with Crippen molar-refractivity contribution in [2.24, 2.45) is 0 Å². The zero-order valence-corrected chi connectivity index (χ0v) is 18.9. The second-order valence-corrected chi connectivity index (χ2v) is 8.09. The van der Waals surface area contributed by atoms with Gasteiger partial charge in [0.25, 0.3) is 0 Å². The molecular weight excluding hydrogens is 416 g/mol. The van der Waals surface area contributed by atoms with Crippen molar-refractivity contribution in [3.05, 3.63) is 82.9 Å². The Morgan fingerprint density at radius 1 is 1.06 bits per heavy atom. The fourth-order valence-electron chi connectivity index (χ4n) is 3.95.